The van der Waals surface area contributed by atoms with Crippen molar-refractivity contribution in [3.05, 3.63) is 53.3 Å². The SMILES string of the molecule is O=C(CCCNc1ccc2c(n1)NCCC2)NC[C@@H](C(=O)O)c1cccc(F)c1. The molecular weight excluding hydrogens is 375 g/mol. The van der Waals surface area contributed by atoms with Crippen LogP contribution in [0.25, 0.3) is 0 Å². The summed E-state index contributed by atoms with van der Waals surface area (Å²) in [4.78, 5) is 28.0. The number of carboxylic acid groups (broad SMARTS) is 1. The molecule has 1 aliphatic rings. The third kappa shape index (κ3) is 5.91. The van der Waals surface area contributed by atoms with Crippen LogP contribution in [-0.2, 0) is 16.0 Å². The molecule has 0 radical (unpaired) electrons. The number of carbonyl (C=O) groups excluding carboxylic acids is 1. The highest BCUT2D eigenvalue weighted by atomic mass is 19.1. The van der Waals surface area contributed by atoms with Crippen molar-refractivity contribution < 1.29 is 19.1 Å². The van der Waals surface area contributed by atoms with Crippen LogP contribution >= 0.6 is 0 Å². The summed E-state index contributed by atoms with van der Waals surface area (Å²) in [6.07, 6.45) is 2.97. The molecule has 1 aliphatic heterocycles. The molecule has 1 amide bonds. The number of nitrogens with one attached hydrogen (secondary N) is 3. The Labute approximate surface area is 168 Å². The van der Waals surface area contributed by atoms with Crippen molar-refractivity contribution in [2.24, 2.45) is 0 Å². The fourth-order valence-corrected chi connectivity index (χ4v) is 3.27. The van der Waals surface area contributed by atoms with Crippen molar-refractivity contribution >= 4 is 23.5 Å². The minimum absolute atomic E-state index is 0.0803. The van der Waals surface area contributed by atoms with Gasteiger partial charge in [0.2, 0.25) is 5.91 Å². The van der Waals surface area contributed by atoms with Crippen LogP contribution < -0.4 is 16.0 Å². The Hall–Kier alpha value is -3.16. The topological polar surface area (TPSA) is 103 Å². The minimum atomic E-state index is -1.11. The highest BCUT2D eigenvalue weighted by Gasteiger charge is 2.21. The monoisotopic (exact) mass is 400 g/mol. The molecule has 0 bridgehead atoms. The van der Waals surface area contributed by atoms with Crippen molar-refractivity contribution in [3.8, 4) is 0 Å². The predicted molar refractivity (Wildman–Crippen MR) is 109 cm³/mol. The average molecular weight is 400 g/mol. The number of aromatic nitrogens is 1. The van der Waals surface area contributed by atoms with E-state index >= 15 is 0 Å². The van der Waals surface area contributed by atoms with Gasteiger partial charge in [0.1, 0.15) is 17.5 Å². The second-order valence-corrected chi connectivity index (χ2v) is 7.01. The third-order valence-corrected chi connectivity index (χ3v) is 4.83. The number of nitrogens with zero attached hydrogens (tertiary/aromatic N) is 1. The molecule has 1 aromatic heterocycles. The number of rotatable bonds is 9. The molecule has 29 heavy (non-hydrogen) atoms. The second kappa shape index (κ2) is 9.86. The van der Waals surface area contributed by atoms with Gasteiger partial charge in [0.15, 0.2) is 0 Å². The van der Waals surface area contributed by atoms with Crippen LogP contribution in [0.5, 0.6) is 0 Å². The molecule has 8 heteroatoms. The maximum absolute atomic E-state index is 13.3. The summed E-state index contributed by atoms with van der Waals surface area (Å²) in [7, 11) is 0. The molecule has 4 N–H and O–H groups in total. The number of benzene rings is 1. The zero-order valence-electron chi connectivity index (χ0n) is 16.1. The van der Waals surface area contributed by atoms with Crippen molar-refractivity contribution in [2.45, 2.75) is 31.6 Å². The number of carboxylic acids is 1. The Kier molecular flexibility index (Phi) is 6.99. The van der Waals surface area contributed by atoms with E-state index in [0.717, 1.165) is 31.0 Å². The van der Waals surface area contributed by atoms with E-state index in [4.69, 9.17) is 0 Å². The van der Waals surface area contributed by atoms with Gasteiger partial charge in [0.25, 0.3) is 0 Å². The number of hydrogen-bond donors (Lipinski definition) is 4. The molecule has 0 spiro atoms. The Bertz CT molecular complexity index is 875. The van der Waals surface area contributed by atoms with E-state index in [-0.39, 0.29) is 18.9 Å². The molecule has 0 aliphatic carbocycles. The molecule has 2 heterocycles. The summed E-state index contributed by atoms with van der Waals surface area (Å²) in [5.74, 6) is -1.16. The van der Waals surface area contributed by atoms with E-state index < -0.39 is 17.7 Å². The molecule has 0 saturated carbocycles. The number of carbonyl (C=O) groups is 2. The fourth-order valence-electron chi connectivity index (χ4n) is 3.27. The third-order valence-electron chi connectivity index (χ3n) is 4.83. The lowest BCUT2D eigenvalue weighted by Gasteiger charge is -2.17. The van der Waals surface area contributed by atoms with E-state index in [0.29, 0.717) is 18.5 Å². The van der Waals surface area contributed by atoms with Crippen LogP contribution in [0.4, 0.5) is 16.0 Å². The highest BCUT2D eigenvalue weighted by Crippen LogP contribution is 2.21. The number of aliphatic carboxylic acids is 1. The van der Waals surface area contributed by atoms with Crippen molar-refractivity contribution in [1.82, 2.24) is 10.3 Å². The van der Waals surface area contributed by atoms with Gasteiger partial charge in [0.05, 0.1) is 5.92 Å². The molecule has 7 nitrogen and oxygen atoms in total. The Morgan fingerprint density at radius 3 is 2.93 bits per heavy atom. The van der Waals surface area contributed by atoms with Gasteiger partial charge >= 0.3 is 5.97 Å². The minimum Gasteiger partial charge on any atom is -0.481 e. The lowest BCUT2D eigenvalue weighted by atomic mass is 9.99. The molecule has 1 aromatic carbocycles. The summed E-state index contributed by atoms with van der Waals surface area (Å²) in [6.45, 7) is 1.42. The van der Waals surface area contributed by atoms with Crippen molar-refractivity contribution in [3.63, 3.8) is 0 Å². The first-order valence-corrected chi connectivity index (χ1v) is 9.75. The summed E-state index contributed by atoms with van der Waals surface area (Å²) >= 11 is 0. The number of amides is 1. The first-order chi connectivity index (χ1) is 14.0. The standard InChI is InChI=1S/C21H25FN4O3/c22-16-6-1-4-15(12-16)17(21(28)29)13-25-19(27)7-3-10-23-18-9-8-14-5-2-11-24-20(14)26-18/h1,4,6,8-9,12,17H,2-3,5,7,10-11,13H2,(H,25,27)(H,28,29)(H2,23,24,26)/t17-/m1/s1. The van der Waals surface area contributed by atoms with Gasteiger partial charge in [0, 0.05) is 26.1 Å². The number of halogens is 1. The van der Waals surface area contributed by atoms with Gasteiger partial charge in [-0.05, 0) is 48.6 Å². The summed E-state index contributed by atoms with van der Waals surface area (Å²) < 4.78 is 13.3. The number of hydrogen-bond acceptors (Lipinski definition) is 5. The van der Waals surface area contributed by atoms with Gasteiger partial charge in [-0.15, -0.1) is 0 Å². The molecule has 0 fully saturated rings. The van der Waals surface area contributed by atoms with Crippen molar-refractivity contribution in [2.75, 3.05) is 30.3 Å². The normalized spacial score (nSPS) is 13.7. The lowest BCUT2D eigenvalue weighted by Crippen LogP contribution is -2.31. The average Bonchev–Trinajstić information content (AvgIpc) is 2.71. The smallest absolute Gasteiger partial charge is 0.312 e. The maximum atomic E-state index is 13.3. The van der Waals surface area contributed by atoms with Gasteiger partial charge < -0.3 is 21.1 Å². The first kappa shape index (κ1) is 20.6. The van der Waals surface area contributed by atoms with Gasteiger partial charge in [-0.25, -0.2) is 9.37 Å². The molecule has 3 rings (SSSR count). The maximum Gasteiger partial charge on any atom is 0.312 e. The zero-order chi connectivity index (χ0) is 20.6. The van der Waals surface area contributed by atoms with E-state index in [1.165, 1.54) is 23.8 Å². The first-order valence-electron chi connectivity index (χ1n) is 9.75. The van der Waals surface area contributed by atoms with Crippen LogP contribution in [-0.4, -0.2) is 41.6 Å². The molecule has 154 valence electrons. The second-order valence-electron chi connectivity index (χ2n) is 7.01. The van der Waals surface area contributed by atoms with Crippen LogP contribution in [0.15, 0.2) is 36.4 Å². The van der Waals surface area contributed by atoms with E-state index in [1.54, 1.807) is 6.07 Å². The highest BCUT2D eigenvalue weighted by molar-refractivity contribution is 5.79. The Balaban J connectivity index is 1.41. The van der Waals surface area contributed by atoms with Crippen LogP contribution in [0, 0.1) is 5.82 Å². The number of anilines is 2. The zero-order valence-corrected chi connectivity index (χ0v) is 16.1. The van der Waals surface area contributed by atoms with Gasteiger partial charge in [-0.3, -0.25) is 9.59 Å². The molecule has 0 saturated heterocycles. The number of aryl methyl sites for hydroxylation is 1. The predicted octanol–water partition coefficient (Wildman–Crippen LogP) is 2.76. The summed E-state index contributed by atoms with van der Waals surface area (Å²) in [5.41, 5.74) is 1.54. The van der Waals surface area contributed by atoms with Crippen molar-refractivity contribution in [1.29, 1.82) is 0 Å². The largest absolute Gasteiger partial charge is 0.481 e. The summed E-state index contributed by atoms with van der Waals surface area (Å²) in [6, 6.07) is 9.41. The fraction of sp³-hybridized carbons (Fsp3) is 0.381. The van der Waals surface area contributed by atoms with Gasteiger partial charge in [-0.2, -0.15) is 0 Å². The van der Waals surface area contributed by atoms with E-state index in [1.807, 2.05) is 6.07 Å². The van der Waals surface area contributed by atoms with Crippen LogP contribution in [0.3, 0.4) is 0 Å². The molecule has 2 aromatic rings. The Morgan fingerprint density at radius 1 is 1.28 bits per heavy atom. The number of pyridine rings is 1. The van der Waals surface area contributed by atoms with Gasteiger partial charge in [-0.1, -0.05) is 18.2 Å². The summed E-state index contributed by atoms with van der Waals surface area (Å²) in [5, 5.41) is 18.5. The van der Waals surface area contributed by atoms with Crippen LogP contribution in [0.1, 0.15) is 36.3 Å². The molecule has 0 unspecified atom stereocenters. The Morgan fingerprint density at radius 2 is 2.14 bits per heavy atom. The molecular formula is C21H25FN4O3. The van der Waals surface area contributed by atoms with E-state index in [2.05, 4.69) is 27.0 Å². The number of fused-ring (bicyclic) bond motifs is 1. The van der Waals surface area contributed by atoms with Crippen LogP contribution in [0.2, 0.25) is 0 Å². The van der Waals surface area contributed by atoms with E-state index in [9.17, 15) is 19.1 Å². The quantitative estimate of drug-likeness (QED) is 0.483. The molecule has 1 atom stereocenters. The lowest BCUT2D eigenvalue weighted by molar-refractivity contribution is -0.138.